The maximum atomic E-state index is 14.4. The van der Waals surface area contributed by atoms with Gasteiger partial charge >= 0.3 is 5.97 Å². The van der Waals surface area contributed by atoms with Gasteiger partial charge in [0, 0.05) is 12.8 Å². The summed E-state index contributed by atoms with van der Waals surface area (Å²) in [5, 5.41) is 13.8. The first-order valence-corrected chi connectivity index (χ1v) is 7.40. The molecule has 1 aromatic carbocycles. The molecule has 3 rings (SSSR count). The first-order valence-electron chi connectivity index (χ1n) is 7.40. The number of carbonyl (C=O) groups excluding carboxylic acids is 1. The van der Waals surface area contributed by atoms with Crippen molar-refractivity contribution in [3.63, 3.8) is 0 Å². The molecule has 0 saturated carbocycles. The number of hydrogen-bond donors (Lipinski definition) is 1. The number of rotatable bonds is 5. The van der Waals surface area contributed by atoms with Gasteiger partial charge in [-0.25, -0.2) is 13.6 Å². The number of carbonyl (C=O) groups is 1. The molecule has 0 fully saturated rings. The van der Waals surface area contributed by atoms with E-state index in [4.69, 9.17) is 9.47 Å². The Labute approximate surface area is 141 Å². The number of halogens is 2. The number of nitrogens with zero attached hydrogens (tertiary/aromatic N) is 4. The monoisotopic (exact) mass is 351 g/mol. The van der Waals surface area contributed by atoms with E-state index in [-0.39, 0.29) is 30.3 Å². The largest absolute Gasteiger partial charge is 0.460 e. The Hall–Kier alpha value is -2.88. The second-order valence-corrected chi connectivity index (χ2v) is 5.28. The quantitative estimate of drug-likeness (QED) is 0.644. The van der Waals surface area contributed by atoms with Crippen molar-refractivity contribution >= 4 is 11.9 Å². The lowest BCUT2D eigenvalue weighted by molar-refractivity contribution is -0.140. The summed E-state index contributed by atoms with van der Waals surface area (Å²) in [5.74, 6) is -2.21. The Morgan fingerprint density at radius 3 is 2.72 bits per heavy atom. The van der Waals surface area contributed by atoms with Gasteiger partial charge in [-0.05, 0) is 29.5 Å². The second-order valence-electron chi connectivity index (χ2n) is 5.28. The Morgan fingerprint density at radius 1 is 1.32 bits per heavy atom. The molecule has 132 valence electrons. The normalized spacial score (nSPS) is 16.4. The molecular formula is C15H15F2N5O3. The molecule has 0 spiro atoms. The van der Waals surface area contributed by atoms with Gasteiger partial charge in [0.25, 0.3) is 0 Å². The number of anilines is 1. The van der Waals surface area contributed by atoms with Gasteiger partial charge in [-0.1, -0.05) is 11.2 Å². The van der Waals surface area contributed by atoms with Crippen LogP contribution in [0.3, 0.4) is 0 Å². The van der Waals surface area contributed by atoms with Crippen LogP contribution in [-0.2, 0) is 14.3 Å². The number of ether oxygens (including phenoxy) is 2. The van der Waals surface area contributed by atoms with E-state index < -0.39 is 23.6 Å². The molecule has 10 heteroatoms. The molecule has 2 aromatic rings. The minimum Gasteiger partial charge on any atom is -0.460 e. The van der Waals surface area contributed by atoms with Gasteiger partial charge in [-0.2, -0.15) is 4.68 Å². The summed E-state index contributed by atoms with van der Waals surface area (Å²) in [6.45, 7) is 1.78. The van der Waals surface area contributed by atoms with Crippen LogP contribution >= 0.6 is 0 Å². The highest BCUT2D eigenvalue weighted by atomic mass is 19.1. The van der Waals surface area contributed by atoms with Crippen molar-refractivity contribution in [2.45, 2.75) is 13.0 Å². The third-order valence-corrected chi connectivity index (χ3v) is 3.73. The molecule has 1 aliphatic rings. The summed E-state index contributed by atoms with van der Waals surface area (Å²) < 4.78 is 39.8. The number of esters is 1. The summed E-state index contributed by atoms with van der Waals surface area (Å²) >= 11 is 0. The van der Waals surface area contributed by atoms with E-state index in [1.165, 1.54) is 13.2 Å². The van der Waals surface area contributed by atoms with Crippen LogP contribution < -0.4 is 5.32 Å². The number of tetrazole rings is 1. The van der Waals surface area contributed by atoms with Crippen LogP contribution in [0.1, 0.15) is 18.5 Å². The molecule has 0 saturated heterocycles. The van der Waals surface area contributed by atoms with E-state index >= 15 is 0 Å². The highest BCUT2D eigenvalue weighted by Crippen LogP contribution is 2.37. The predicted octanol–water partition coefficient (Wildman–Crippen LogP) is 1.43. The van der Waals surface area contributed by atoms with E-state index in [1.807, 2.05) is 0 Å². The molecule has 0 amide bonds. The van der Waals surface area contributed by atoms with Crippen molar-refractivity contribution in [1.82, 2.24) is 20.2 Å². The number of allylic oxidation sites excluding steroid dienone is 1. The molecular weight excluding hydrogens is 336 g/mol. The van der Waals surface area contributed by atoms with Gasteiger partial charge in [0.1, 0.15) is 24.3 Å². The summed E-state index contributed by atoms with van der Waals surface area (Å²) in [6, 6.07) is 2.26. The van der Waals surface area contributed by atoms with Crippen LogP contribution in [0.15, 0.2) is 29.5 Å². The lowest BCUT2D eigenvalue weighted by Crippen LogP contribution is -2.31. The zero-order valence-electron chi connectivity index (χ0n) is 13.5. The van der Waals surface area contributed by atoms with E-state index in [2.05, 4.69) is 20.8 Å². The van der Waals surface area contributed by atoms with E-state index in [9.17, 15) is 13.6 Å². The average Bonchev–Trinajstić information content (AvgIpc) is 3.02. The Bertz CT molecular complexity index is 816. The molecule has 0 aliphatic carbocycles. The smallest absolute Gasteiger partial charge is 0.338 e. The lowest BCUT2D eigenvalue weighted by atomic mass is 9.95. The van der Waals surface area contributed by atoms with Crippen molar-refractivity contribution in [3.05, 3.63) is 46.7 Å². The Balaban J connectivity index is 2.09. The standard InChI is InChI=1S/C15H15F2N5O3/c1-8-11(14(23)25-7-6-24-2)13(22-15(18-8)19-20-21-22)12-9(16)4-3-5-10(12)17/h3-5,13H,6-7H2,1-2H3,(H,18,19,21)/t13-/m1/s1. The van der Waals surface area contributed by atoms with Crippen LogP contribution in [0.4, 0.5) is 14.7 Å². The van der Waals surface area contributed by atoms with Crippen molar-refractivity contribution in [2.75, 3.05) is 25.6 Å². The summed E-state index contributed by atoms with van der Waals surface area (Å²) in [5.41, 5.74) is 0.0212. The number of nitrogens with one attached hydrogen (secondary N) is 1. The van der Waals surface area contributed by atoms with E-state index in [1.54, 1.807) is 6.92 Å². The fourth-order valence-corrected chi connectivity index (χ4v) is 2.61. The van der Waals surface area contributed by atoms with Crippen molar-refractivity contribution in [2.24, 2.45) is 0 Å². The topological polar surface area (TPSA) is 91.2 Å². The fourth-order valence-electron chi connectivity index (χ4n) is 2.61. The predicted molar refractivity (Wildman–Crippen MR) is 81.5 cm³/mol. The van der Waals surface area contributed by atoms with Crippen LogP contribution in [0, 0.1) is 11.6 Å². The Morgan fingerprint density at radius 2 is 2.04 bits per heavy atom. The third-order valence-electron chi connectivity index (χ3n) is 3.73. The van der Waals surface area contributed by atoms with Crippen molar-refractivity contribution in [3.8, 4) is 0 Å². The van der Waals surface area contributed by atoms with E-state index in [0.29, 0.717) is 5.70 Å². The molecule has 8 nitrogen and oxygen atoms in total. The van der Waals surface area contributed by atoms with E-state index in [0.717, 1.165) is 16.8 Å². The first kappa shape index (κ1) is 17.0. The summed E-state index contributed by atoms with van der Waals surface area (Å²) in [6.07, 6.45) is 0. The molecule has 2 heterocycles. The maximum Gasteiger partial charge on any atom is 0.338 e. The molecule has 1 aliphatic heterocycles. The molecule has 1 N–H and O–H groups in total. The maximum absolute atomic E-state index is 14.4. The number of fused-ring (bicyclic) bond motifs is 1. The minimum absolute atomic E-state index is 0.00104. The van der Waals surface area contributed by atoms with Crippen LogP contribution in [0.25, 0.3) is 0 Å². The highest BCUT2D eigenvalue weighted by Gasteiger charge is 2.38. The average molecular weight is 351 g/mol. The number of hydrogen-bond acceptors (Lipinski definition) is 7. The van der Waals surface area contributed by atoms with Gasteiger partial charge in [-0.15, -0.1) is 0 Å². The molecule has 1 aromatic heterocycles. The lowest BCUT2D eigenvalue weighted by Gasteiger charge is -2.27. The molecule has 25 heavy (non-hydrogen) atoms. The summed E-state index contributed by atoms with van der Waals surface area (Å²) in [4.78, 5) is 12.5. The van der Waals surface area contributed by atoms with Gasteiger partial charge in [-0.3, -0.25) is 0 Å². The molecule has 0 unspecified atom stereocenters. The number of benzene rings is 1. The molecule has 0 bridgehead atoms. The fraction of sp³-hybridized carbons (Fsp3) is 0.333. The van der Waals surface area contributed by atoms with Crippen molar-refractivity contribution in [1.29, 1.82) is 0 Å². The van der Waals surface area contributed by atoms with Gasteiger partial charge in [0.15, 0.2) is 0 Å². The van der Waals surface area contributed by atoms with Crippen LogP contribution in [0.5, 0.6) is 0 Å². The van der Waals surface area contributed by atoms with Gasteiger partial charge in [0.2, 0.25) is 5.95 Å². The van der Waals surface area contributed by atoms with Gasteiger partial charge < -0.3 is 14.8 Å². The Kier molecular flexibility index (Phi) is 4.70. The summed E-state index contributed by atoms with van der Waals surface area (Å²) in [7, 11) is 1.46. The number of aromatic nitrogens is 4. The molecule has 1 atom stereocenters. The SMILES string of the molecule is COCCOC(=O)C1=C(C)Nc2nnnn2[C@H]1c1c(F)cccc1F. The number of methoxy groups -OCH3 is 1. The first-order chi connectivity index (χ1) is 12.0. The zero-order valence-corrected chi connectivity index (χ0v) is 13.5. The third kappa shape index (κ3) is 3.07. The zero-order chi connectivity index (χ0) is 18.0. The van der Waals surface area contributed by atoms with Crippen LogP contribution in [-0.4, -0.2) is 46.5 Å². The van der Waals surface area contributed by atoms with Crippen molar-refractivity contribution < 1.29 is 23.0 Å². The minimum atomic E-state index is -1.19. The second kappa shape index (κ2) is 6.93. The van der Waals surface area contributed by atoms with Crippen LogP contribution in [0.2, 0.25) is 0 Å². The highest BCUT2D eigenvalue weighted by molar-refractivity contribution is 5.92. The molecule has 0 radical (unpaired) electrons. The van der Waals surface area contributed by atoms with Gasteiger partial charge in [0.05, 0.1) is 17.7 Å².